The molecule has 2 heterocycles. The molecule has 0 spiro atoms. The number of hydrogen-bond donors (Lipinski definition) is 3. The van der Waals surface area contributed by atoms with Crippen molar-refractivity contribution < 1.29 is 4.79 Å². The second-order valence-electron chi connectivity index (χ2n) is 3.90. The topological polar surface area (TPSA) is 108 Å². The Morgan fingerprint density at radius 2 is 2.37 bits per heavy atom. The first-order valence-electron chi connectivity index (χ1n) is 5.95. The number of carbonyl (C=O) groups is 1. The van der Waals surface area contributed by atoms with E-state index in [9.17, 15) is 4.79 Å². The van der Waals surface area contributed by atoms with Crippen LogP contribution < -0.4 is 10.6 Å². The van der Waals surface area contributed by atoms with Gasteiger partial charge < -0.3 is 10.6 Å². The van der Waals surface area contributed by atoms with Gasteiger partial charge in [0.2, 0.25) is 0 Å². The third-order valence-electron chi connectivity index (χ3n) is 2.49. The van der Waals surface area contributed by atoms with E-state index in [1.165, 1.54) is 0 Å². The molecular weight excluding hydrogens is 246 g/mol. The smallest absolute Gasteiger partial charge is 0.255 e. The largest absolute Gasteiger partial charge is 0.370 e. The Hall–Kier alpha value is -2.51. The molecule has 19 heavy (non-hydrogen) atoms. The van der Waals surface area contributed by atoms with E-state index in [-0.39, 0.29) is 11.9 Å². The predicted molar refractivity (Wildman–Crippen MR) is 68.5 cm³/mol. The van der Waals surface area contributed by atoms with Gasteiger partial charge in [0.15, 0.2) is 5.82 Å². The Kier molecular flexibility index (Phi) is 4.01. The van der Waals surface area contributed by atoms with Gasteiger partial charge >= 0.3 is 0 Å². The van der Waals surface area contributed by atoms with Crippen molar-refractivity contribution in [3.63, 3.8) is 0 Å². The van der Waals surface area contributed by atoms with Crippen LogP contribution in [-0.4, -0.2) is 38.1 Å². The summed E-state index contributed by atoms with van der Waals surface area (Å²) in [4.78, 5) is 16.3. The Balaban J connectivity index is 2.11. The number of pyridine rings is 1. The summed E-state index contributed by atoms with van der Waals surface area (Å²) in [5.41, 5.74) is 0.486. The van der Waals surface area contributed by atoms with Crippen molar-refractivity contribution in [1.29, 1.82) is 0 Å². The molecule has 0 aliphatic rings. The number of H-pyrrole nitrogens is 1. The molecule has 0 aromatic carbocycles. The summed E-state index contributed by atoms with van der Waals surface area (Å²) in [6.07, 6.45) is 1.64. The highest BCUT2D eigenvalue weighted by Gasteiger charge is 2.17. The van der Waals surface area contributed by atoms with Crippen LogP contribution in [0.15, 0.2) is 18.3 Å². The number of tetrazole rings is 1. The average Bonchev–Trinajstić information content (AvgIpc) is 2.93. The molecule has 0 saturated heterocycles. The first-order valence-corrected chi connectivity index (χ1v) is 5.95. The number of rotatable bonds is 5. The lowest BCUT2D eigenvalue weighted by Gasteiger charge is -2.12. The maximum atomic E-state index is 12.2. The monoisotopic (exact) mass is 261 g/mol. The Bertz CT molecular complexity index is 540. The minimum absolute atomic E-state index is 0.235. The Morgan fingerprint density at radius 3 is 3.05 bits per heavy atom. The van der Waals surface area contributed by atoms with Crippen LogP contribution >= 0.6 is 0 Å². The van der Waals surface area contributed by atoms with Gasteiger partial charge in [-0.05, 0) is 26.0 Å². The molecule has 100 valence electrons. The van der Waals surface area contributed by atoms with Gasteiger partial charge in [-0.1, -0.05) is 5.21 Å². The summed E-state index contributed by atoms with van der Waals surface area (Å²) in [5.74, 6) is 0.756. The van der Waals surface area contributed by atoms with E-state index in [1.54, 1.807) is 25.3 Å². The van der Waals surface area contributed by atoms with Crippen LogP contribution in [0.4, 0.5) is 5.82 Å². The average molecular weight is 261 g/mol. The van der Waals surface area contributed by atoms with Gasteiger partial charge in [-0.3, -0.25) is 4.79 Å². The molecule has 0 fully saturated rings. The highest BCUT2D eigenvalue weighted by Crippen LogP contribution is 2.13. The summed E-state index contributed by atoms with van der Waals surface area (Å²) in [6, 6.07) is 3.10. The van der Waals surface area contributed by atoms with E-state index < -0.39 is 0 Å². The molecule has 0 aliphatic carbocycles. The molecule has 2 rings (SSSR count). The van der Waals surface area contributed by atoms with Crippen molar-refractivity contribution in [1.82, 2.24) is 30.9 Å². The van der Waals surface area contributed by atoms with Crippen molar-refractivity contribution in [2.75, 3.05) is 11.9 Å². The number of carbonyl (C=O) groups excluding carboxylic acids is 1. The molecule has 1 amide bonds. The first kappa shape index (κ1) is 12.9. The van der Waals surface area contributed by atoms with Crippen LogP contribution in [0.25, 0.3) is 0 Å². The third-order valence-corrected chi connectivity index (χ3v) is 2.49. The van der Waals surface area contributed by atoms with Crippen LogP contribution in [0.5, 0.6) is 0 Å². The SMILES string of the molecule is CCNc1ncccc1C(=O)NC(C)c1nn[nH]n1. The predicted octanol–water partition coefficient (Wildman–Crippen LogP) is 0.517. The van der Waals surface area contributed by atoms with Gasteiger partial charge in [0.25, 0.3) is 5.91 Å². The Morgan fingerprint density at radius 1 is 1.53 bits per heavy atom. The molecule has 1 atom stereocenters. The van der Waals surface area contributed by atoms with Gasteiger partial charge in [0, 0.05) is 12.7 Å². The van der Waals surface area contributed by atoms with E-state index in [4.69, 9.17) is 0 Å². The van der Waals surface area contributed by atoms with Crippen LogP contribution in [0, 0.1) is 0 Å². The van der Waals surface area contributed by atoms with Gasteiger partial charge in [0.1, 0.15) is 5.82 Å². The highest BCUT2D eigenvalue weighted by atomic mass is 16.1. The van der Waals surface area contributed by atoms with Gasteiger partial charge in [-0.15, -0.1) is 10.2 Å². The molecule has 8 heteroatoms. The summed E-state index contributed by atoms with van der Waals surface area (Å²) in [7, 11) is 0. The number of aromatic amines is 1. The summed E-state index contributed by atoms with van der Waals surface area (Å²) in [5, 5.41) is 19.3. The maximum absolute atomic E-state index is 12.2. The van der Waals surface area contributed by atoms with Crippen LogP contribution in [-0.2, 0) is 0 Å². The molecule has 2 aromatic rings. The molecular formula is C11H15N7O. The lowest BCUT2D eigenvalue weighted by molar-refractivity contribution is 0.0939. The zero-order chi connectivity index (χ0) is 13.7. The maximum Gasteiger partial charge on any atom is 0.255 e. The number of hydrogen-bond acceptors (Lipinski definition) is 6. The van der Waals surface area contributed by atoms with Gasteiger partial charge in [-0.2, -0.15) is 5.21 Å². The number of nitrogens with zero attached hydrogens (tertiary/aromatic N) is 4. The fraction of sp³-hybridized carbons (Fsp3) is 0.364. The van der Waals surface area contributed by atoms with E-state index >= 15 is 0 Å². The lowest BCUT2D eigenvalue weighted by atomic mass is 10.2. The van der Waals surface area contributed by atoms with Crippen LogP contribution in [0.2, 0.25) is 0 Å². The van der Waals surface area contributed by atoms with E-state index in [1.807, 2.05) is 6.92 Å². The number of anilines is 1. The summed E-state index contributed by atoms with van der Waals surface area (Å²) < 4.78 is 0. The normalized spacial score (nSPS) is 11.9. The number of nitrogens with one attached hydrogen (secondary N) is 3. The zero-order valence-electron chi connectivity index (χ0n) is 10.7. The third kappa shape index (κ3) is 3.03. The Labute approximate surface area is 110 Å². The lowest BCUT2D eigenvalue weighted by Crippen LogP contribution is -2.28. The minimum Gasteiger partial charge on any atom is -0.370 e. The van der Waals surface area contributed by atoms with Gasteiger partial charge in [-0.25, -0.2) is 4.98 Å². The molecule has 0 bridgehead atoms. The van der Waals surface area contributed by atoms with Crippen molar-refractivity contribution in [2.24, 2.45) is 0 Å². The van der Waals surface area contributed by atoms with E-state index in [0.29, 0.717) is 23.8 Å². The summed E-state index contributed by atoms with van der Waals surface area (Å²) >= 11 is 0. The molecule has 0 radical (unpaired) electrons. The standard InChI is InChI=1S/C11H15N7O/c1-3-12-10-8(5-4-6-13-10)11(19)14-7(2)9-15-17-18-16-9/h4-7H,3H2,1-2H3,(H,12,13)(H,14,19)(H,15,16,17,18). The van der Waals surface area contributed by atoms with Crippen molar-refractivity contribution >= 4 is 11.7 Å². The zero-order valence-corrected chi connectivity index (χ0v) is 10.7. The number of aromatic nitrogens is 5. The summed E-state index contributed by atoms with van der Waals surface area (Å²) in [6.45, 7) is 4.42. The van der Waals surface area contributed by atoms with Crippen LogP contribution in [0.3, 0.4) is 0 Å². The second-order valence-corrected chi connectivity index (χ2v) is 3.90. The molecule has 8 nitrogen and oxygen atoms in total. The molecule has 0 aliphatic heterocycles. The molecule has 0 saturated carbocycles. The molecule has 1 unspecified atom stereocenters. The van der Waals surface area contributed by atoms with Crippen molar-refractivity contribution in [2.45, 2.75) is 19.9 Å². The quantitative estimate of drug-likeness (QED) is 0.724. The fourth-order valence-electron chi connectivity index (χ4n) is 1.59. The molecule has 3 N–H and O–H groups in total. The van der Waals surface area contributed by atoms with E-state index in [0.717, 1.165) is 0 Å². The molecule has 2 aromatic heterocycles. The van der Waals surface area contributed by atoms with Crippen molar-refractivity contribution in [3.8, 4) is 0 Å². The fourth-order valence-corrected chi connectivity index (χ4v) is 1.59. The minimum atomic E-state index is -0.332. The number of amides is 1. The van der Waals surface area contributed by atoms with Crippen molar-refractivity contribution in [3.05, 3.63) is 29.7 Å². The van der Waals surface area contributed by atoms with Crippen LogP contribution in [0.1, 0.15) is 36.1 Å². The van der Waals surface area contributed by atoms with Gasteiger partial charge in [0.05, 0.1) is 11.6 Å². The highest BCUT2D eigenvalue weighted by molar-refractivity contribution is 5.98. The second kappa shape index (κ2) is 5.89. The first-order chi connectivity index (χ1) is 9.22. The van der Waals surface area contributed by atoms with E-state index in [2.05, 4.69) is 36.2 Å².